The van der Waals surface area contributed by atoms with Gasteiger partial charge in [0.15, 0.2) is 9.99 Å². The highest BCUT2D eigenvalue weighted by Crippen LogP contribution is 2.30. The van der Waals surface area contributed by atoms with E-state index >= 15 is 0 Å². The van der Waals surface area contributed by atoms with Gasteiger partial charge in [0.05, 0.1) is 6.54 Å². The lowest BCUT2D eigenvalue weighted by molar-refractivity contribution is -0.119. The molecule has 0 spiro atoms. The van der Waals surface area contributed by atoms with Gasteiger partial charge in [0.2, 0.25) is 5.91 Å². The monoisotopic (exact) mass is 309 g/mol. The molecule has 1 aliphatic rings. The van der Waals surface area contributed by atoms with Crippen LogP contribution in [0.5, 0.6) is 0 Å². The molecule has 2 aromatic heterocycles. The lowest BCUT2D eigenvalue weighted by atomic mass is 10.4. The van der Waals surface area contributed by atoms with Crippen LogP contribution in [0.3, 0.4) is 0 Å². The van der Waals surface area contributed by atoms with E-state index in [9.17, 15) is 4.79 Å². The normalized spacial score (nSPS) is 14.4. The number of carbonyl (C=O) groups is 1. The van der Waals surface area contributed by atoms with Crippen LogP contribution in [-0.4, -0.2) is 40.2 Å². The fourth-order valence-corrected chi connectivity index (χ4v) is 3.23. The number of nitrogens with zero attached hydrogens (tertiary/aromatic N) is 3. The second kappa shape index (κ2) is 5.92. The Morgan fingerprint density at radius 2 is 2.35 bits per heavy atom. The standard InChI is InChI=1S/C12H15N5OS2/c1-19-12-17-11-9(20-12)10(15-6-16-11)14-5-8(18)13-4-7-2-3-7/h6-7H,2-5H2,1H3,(H,13,18)(H,14,15,16). The van der Waals surface area contributed by atoms with Crippen molar-refractivity contribution in [1.29, 1.82) is 0 Å². The van der Waals surface area contributed by atoms with Gasteiger partial charge in [0, 0.05) is 6.54 Å². The number of thiazole rings is 1. The minimum atomic E-state index is -0.00160. The number of hydrogen-bond donors (Lipinski definition) is 2. The Morgan fingerprint density at radius 1 is 1.50 bits per heavy atom. The average molecular weight is 309 g/mol. The zero-order valence-corrected chi connectivity index (χ0v) is 12.7. The molecule has 1 saturated carbocycles. The number of thioether (sulfide) groups is 1. The Bertz CT molecular complexity index is 625. The topological polar surface area (TPSA) is 79.8 Å². The number of aromatic nitrogens is 3. The molecule has 2 N–H and O–H groups in total. The molecule has 0 saturated heterocycles. The fraction of sp³-hybridized carbons (Fsp3) is 0.500. The summed E-state index contributed by atoms with van der Waals surface area (Å²) in [5.74, 6) is 1.36. The smallest absolute Gasteiger partial charge is 0.239 e. The van der Waals surface area contributed by atoms with Crippen molar-refractivity contribution < 1.29 is 4.79 Å². The van der Waals surface area contributed by atoms with E-state index in [0.717, 1.165) is 15.6 Å². The lowest BCUT2D eigenvalue weighted by Crippen LogP contribution is -2.31. The number of nitrogens with one attached hydrogen (secondary N) is 2. The molecule has 2 aromatic rings. The molecular weight excluding hydrogens is 294 g/mol. The van der Waals surface area contributed by atoms with Gasteiger partial charge in [-0.3, -0.25) is 4.79 Å². The first-order valence-electron chi connectivity index (χ1n) is 6.42. The van der Waals surface area contributed by atoms with Gasteiger partial charge >= 0.3 is 0 Å². The molecule has 1 aliphatic carbocycles. The molecule has 0 radical (unpaired) electrons. The van der Waals surface area contributed by atoms with Gasteiger partial charge in [-0.15, -0.1) is 11.3 Å². The molecule has 0 aliphatic heterocycles. The molecule has 106 valence electrons. The highest BCUT2D eigenvalue weighted by Gasteiger charge is 2.21. The van der Waals surface area contributed by atoms with E-state index < -0.39 is 0 Å². The van der Waals surface area contributed by atoms with E-state index in [1.165, 1.54) is 30.5 Å². The number of carbonyl (C=O) groups excluding carboxylic acids is 1. The van der Waals surface area contributed by atoms with Crippen LogP contribution in [-0.2, 0) is 4.79 Å². The number of hydrogen-bond acceptors (Lipinski definition) is 7. The maximum Gasteiger partial charge on any atom is 0.239 e. The molecule has 3 rings (SSSR count). The van der Waals surface area contributed by atoms with Crippen molar-refractivity contribution in [2.45, 2.75) is 17.2 Å². The predicted octanol–water partition coefficient (Wildman–Crippen LogP) is 1.75. The van der Waals surface area contributed by atoms with Gasteiger partial charge in [-0.05, 0) is 25.0 Å². The van der Waals surface area contributed by atoms with Crippen LogP contribution >= 0.6 is 23.1 Å². The van der Waals surface area contributed by atoms with E-state index in [-0.39, 0.29) is 12.5 Å². The van der Waals surface area contributed by atoms with Gasteiger partial charge in [0.25, 0.3) is 0 Å². The van der Waals surface area contributed by atoms with Crippen molar-refractivity contribution in [3.63, 3.8) is 0 Å². The zero-order valence-electron chi connectivity index (χ0n) is 11.0. The van der Waals surface area contributed by atoms with Gasteiger partial charge in [-0.1, -0.05) is 11.8 Å². The summed E-state index contributed by atoms with van der Waals surface area (Å²) < 4.78 is 1.84. The number of fused-ring (bicyclic) bond motifs is 1. The summed E-state index contributed by atoms with van der Waals surface area (Å²) in [4.78, 5) is 24.4. The van der Waals surface area contributed by atoms with Crippen molar-refractivity contribution in [3.05, 3.63) is 6.33 Å². The van der Waals surface area contributed by atoms with Crippen molar-refractivity contribution in [2.75, 3.05) is 24.7 Å². The molecule has 1 amide bonds. The average Bonchev–Trinajstić information content (AvgIpc) is 3.19. The van der Waals surface area contributed by atoms with E-state index in [0.29, 0.717) is 17.4 Å². The summed E-state index contributed by atoms with van der Waals surface area (Å²) in [5.41, 5.74) is 0.676. The highest BCUT2D eigenvalue weighted by atomic mass is 32.2. The Kier molecular flexibility index (Phi) is 4.02. The van der Waals surface area contributed by atoms with Gasteiger partial charge in [-0.2, -0.15) is 0 Å². The maximum absolute atomic E-state index is 11.7. The lowest BCUT2D eigenvalue weighted by Gasteiger charge is -2.06. The second-order valence-corrected chi connectivity index (χ2v) is 6.71. The Balaban J connectivity index is 1.63. The van der Waals surface area contributed by atoms with Crippen molar-refractivity contribution in [2.24, 2.45) is 5.92 Å². The summed E-state index contributed by atoms with van der Waals surface area (Å²) in [6.45, 7) is 1.02. The molecule has 8 heteroatoms. The first-order chi connectivity index (χ1) is 9.76. The second-order valence-electron chi connectivity index (χ2n) is 4.66. The van der Waals surface area contributed by atoms with Crippen LogP contribution in [0.4, 0.5) is 5.82 Å². The first kappa shape index (κ1) is 13.6. The van der Waals surface area contributed by atoms with Crippen molar-refractivity contribution in [1.82, 2.24) is 20.3 Å². The third kappa shape index (κ3) is 3.18. The summed E-state index contributed by atoms with van der Waals surface area (Å²) in [6.07, 6.45) is 5.91. The highest BCUT2D eigenvalue weighted by molar-refractivity contribution is 8.00. The molecule has 20 heavy (non-hydrogen) atoms. The molecule has 2 heterocycles. The van der Waals surface area contributed by atoms with Gasteiger partial charge in [-0.25, -0.2) is 15.0 Å². The van der Waals surface area contributed by atoms with Crippen LogP contribution in [0, 0.1) is 5.92 Å². The summed E-state index contributed by atoms with van der Waals surface area (Å²) >= 11 is 3.11. The number of rotatable bonds is 6. The first-order valence-corrected chi connectivity index (χ1v) is 8.46. The zero-order chi connectivity index (χ0) is 13.9. The minimum Gasteiger partial charge on any atom is -0.360 e. The largest absolute Gasteiger partial charge is 0.360 e. The Labute approximate surface area is 124 Å². The predicted molar refractivity (Wildman–Crippen MR) is 81.2 cm³/mol. The molecule has 0 unspecified atom stereocenters. The summed E-state index contributed by atoms with van der Waals surface area (Å²) in [5, 5.41) is 5.99. The van der Waals surface area contributed by atoms with Crippen LogP contribution in [0.2, 0.25) is 0 Å². The summed E-state index contributed by atoms with van der Waals surface area (Å²) in [6, 6.07) is 0. The Hall–Kier alpha value is -1.41. The molecular formula is C12H15N5OS2. The number of anilines is 1. The molecule has 0 atom stereocenters. The van der Waals surface area contributed by atoms with E-state index in [2.05, 4.69) is 25.6 Å². The molecule has 0 aromatic carbocycles. The van der Waals surface area contributed by atoms with Crippen LogP contribution < -0.4 is 10.6 Å². The van der Waals surface area contributed by atoms with E-state index in [1.54, 1.807) is 11.8 Å². The van der Waals surface area contributed by atoms with Crippen molar-refractivity contribution in [3.8, 4) is 0 Å². The number of amides is 1. The minimum absolute atomic E-state index is 0.00160. The molecule has 1 fully saturated rings. The maximum atomic E-state index is 11.7. The molecule has 0 bridgehead atoms. The van der Waals surface area contributed by atoms with Crippen LogP contribution in [0.15, 0.2) is 10.7 Å². The van der Waals surface area contributed by atoms with Crippen LogP contribution in [0.1, 0.15) is 12.8 Å². The SMILES string of the molecule is CSc1nc2ncnc(NCC(=O)NCC3CC3)c2s1. The third-order valence-corrected chi connectivity index (χ3v) is 5.08. The van der Waals surface area contributed by atoms with Gasteiger partial charge in [0.1, 0.15) is 16.8 Å². The Morgan fingerprint density at radius 3 is 3.10 bits per heavy atom. The van der Waals surface area contributed by atoms with Crippen LogP contribution in [0.25, 0.3) is 10.3 Å². The third-order valence-electron chi connectivity index (χ3n) is 3.05. The quantitative estimate of drug-likeness (QED) is 0.791. The van der Waals surface area contributed by atoms with E-state index in [1.807, 2.05) is 6.26 Å². The fourth-order valence-electron chi connectivity index (χ4n) is 1.75. The van der Waals surface area contributed by atoms with Gasteiger partial charge < -0.3 is 10.6 Å². The molecule has 6 nitrogen and oxygen atoms in total. The summed E-state index contributed by atoms with van der Waals surface area (Å²) in [7, 11) is 0. The van der Waals surface area contributed by atoms with Crippen molar-refractivity contribution >= 4 is 45.2 Å². The van der Waals surface area contributed by atoms with E-state index in [4.69, 9.17) is 0 Å².